The van der Waals surface area contributed by atoms with Gasteiger partial charge in [0.25, 0.3) is 0 Å². The summed E-state index contributed by atoms with van der Waals surface area (Å²) in [7, 11) is -2.42. The number of benzene rings is 1. The van der Waals surface area contributed by atoms with Gasteiger partial charge in [0.1, 0.15) is 0 Å². The van der Waals surface area contributed by atoms with Crippen LogP contribution in [0.25, 0.3) is 0 Å². The van der Waals surface area contributed by atoms with Gasteiger partial charge in [0.15, 0.2) is 0 Å². The van der Waals surface area contributed by atoms with Gasteiger partial charge in [-0.15, -0.1) is 0 Å². The molecule has 0 amide bonds. The second-order valence-electron chi connectivity index (χ2n) is 4.47. The Balaban J connectivity index is 3.18. The lowest BCUT2D eigenvalue weighted by Gasteiger charge is -2.12. The smallest absolute Gasteiger partial charge is 0.338 e. The van der Waals surface area contributed by atoms with Gasteiger partial charge in [-0.2, -0.15) is 0 Å². The number of sulfonamides is 1. The van der Waals surface area contributed by atoms with Gasteiger partial charge in [-0.3, -0.25) is 0 Å². The topological polar surface area (TPSA) is 95.7 Å². The maximum absolute atomic E-state index is 12.0. The van der Waals surface area contributed by atoms with Crippen LogP contribution in [0.4, 0.5) is 0 Å². The average molecular weight is 301 g/mol. The van der Waals surface area contributed by atoms with Gasteiger partial charge in [0, 0.05) is 7.11 Å². The Bertz CT molecular complexity index is 582. The molecule has 1 rings (SSSR count). The van der Waals surface area contributed by atoms with E-state index in [-0.39, 0.29) is 23.2 Å². The number of ether oxygens (including phenoxy) is 2. The van der Waals surface area contributed by atoms with Gasteiger partial charge in [-0.05, 0) is 37.1 Å². The Labute approximate surface area is 118 Å². The number of carbonyl (C=O) groups is 1. The summed E-state index contributed by atoms with van der Waals surface area (Å²) < 4.78 is 33.0. The highest BCUT2D eigenvalue weighted by molar-refractivity contribution is 7.89. The first-order chi connectivity index (χ1) is 9.27. The number of carbonyl (C=O) groups excluding carboxylic acids is 1. The summed E-state index contributed by atoms with van der Waals surface area (Å²) in [6, 6.07) is 4.11. The van der Waals surface area contributed by atoms with Gasteiger partial charge in [-0.25, -0.2) is 18.4 Å². The molecule has 112 valence electrons. The lowest BCUT2D eigenvalue weighted by molar-refractivity contribution is 0.0334. The highest BCUT2D eigenvalue weighted by Crippen LogP contribution is 2.17. The zero-order valence-corrected chi connectivity index (χ0v) is 12.6. The normalized spacial score (nSPS) is 13.0. The molecule has 0 aliphatic rings. The van der Waals surface area contributed by atoms with E-state index in [0.29, 0.717) is 12.0 Å². The number of nitrogens with two attached hydrogens (primary N) is 1. The average Bonchev–Trinajstić information content (AvgIpc) is 2.37. The summed E-state index contributed by atoms with van der Waals surface area (Å²) in [6.45, 7) is 3.82. The fourth-order valence-corrected chi connectivity index (χ4v) is 2.13. The van der Waals surface area contributed by atoms with Crippen LogP contribution < -0.4 is 5.14 Å². The maximum Gasteiger partial charge on any atom is 0.338 e. The lowest BCUT2D eigenvalue weighted by atomic mass is 10.1. The summed E-state index contributed by atoms with van der Waals surface area (Å²) in [6.07, 6.45) is 0.428. The van der Waals surface area contributed by atoms with Crippen molar-refractivity contribution < 1.29 is 22.7 Å². The van der Waals surface area contributed by atoms with E-state index >= 15 is 0 Å². The molecule has 1 aromatic carbocycles. The fraction of sp³-hybridized carbons (Fsp3) is 0.462. The molecule has 0 spiro atoms. The zero-order chi connectivity index (χ0) is 15.3. The third-order valence-corrected chi connectivity index (χ3v) is 3.62. The molecule has 0 radical (unpaired) electrons. The van der Waals surface area contributed by atoms with Crippen molar-refractivity contribution in [1.29, 1.82) is 0 Å². The van der Waals surface area contributed by atoms with Crippen molar-refractivity contribution in [2.75, 3.05) is 7.11 Å². The molecule has 0 aromatic heterocycles. The Hall–Kier alpha value is -1.44. The molecule has 1 unspecified atom stereocenters. The molecule has 0 bridgehead atoms. The first kappa shape index (κ1) is 16.6. The molecule has 0 aliphatic heterocycles. The molecule has 1 aromatic rings. The lowest BCUT2D eigenvalue weighted by Crippen LogP contribution is -2.17. The van der Waals surface area contributed by atoms with E-state index < -0.39 is 16.0 Å². The highest BCUT2D eigenvalue weighted by atomic mass is 32.2. The molecule has 7 heteroatoms. The van der Waals surface area contributed by atoms with Crippen molar-refractivity contribution in [3.8, 4) is 0 Å². The van der Waals surface area contributed by atoms with Crippen LogP contribution in [0.2, 0.25) is 0 Å². The second kappa shape index (κ2) is 6.83. The molecule has 6 nitrogen and oxygen atoms in total. The van der Waals surface area contributed by atoms with Crippen LogP contribution >= 0.6 is 0 Å². The molecular weight excluding hydrogens is 282 g/mol. The SMILES string of the molecule is CCC(C)OC(=O)c1cc(COC)cc(S(N)(=O)=O)c1. The number of methoxy groups -OCH3 is 1. The van der Waals surface area contributed by atoms with Crippen LogP contribution in [-0.4, -0.2) is 27.6 Å². The molecule has 0 saturated carbocycles. The van der Waals surface area contributed by atoms with Crippen molar-refractivity contribution in [2.45, 2.75) is 37.9 Å². The van der Waals surface area contributed by atoms with E-state index in [4.69, 9.17) is 14.6 Å². The monoisotopic (exact) mass is 301 g/mol. The van der Waals surface area contributed by atoms with Crippen LogP contribution in [0.5, 0.6) is 0 Å². The van der Waals surface area contributed by atoms with Gasteiger partial charge >= 0.3 is 5.97 Å². The van der Waals surface area contributed by atoms with E-state index in [1.54, 1.807) is 6.92 Å². The third kappa shape index (κ3) is 4.59. The number of esters is 1. The summed E-state index contributed by atoms with van der Waals surface area (Å²) >= 11 is 0. The van der Waals surface area contributed by atoms with Gasteiger partial charge in [0.2, 0.25) is 10.0 Å². The van der Waals surface area contributed by atoms with Gasteiger partial charge in [0.05, 0.1) is 23.2 Å². The van der Waals surface area contributed by atoms with E-state index in [2.05, 4.69) is 0 Å². The predicted octanol–water partition coefficient (Wildman–Crippen LogP) is 1.44. The Morgan fingerprint density at radius 2 is 2.00 bits per heavy atom. The highest BCUT2D eigenvalue weighted by Gasteiger charge is 2.17. The first-order valence-electron chi connectivity index (χ1n) is 6.14. The molecule has 1 atom stereocenters. The minimum absolute atomic E-state index is 0.136. The fourth-order valence-electron chi connectivity index (χ4n) is 1.53. The van der Waals surface area contributed by atoms with Crippen molar-refractivity contribution in [1.82, 2.24) is 0 Å². The summed E-state index contributed by atoms with van der Waals surface area (Å²) in [5.41, 5.74) is 0.680. The van der Waals surface area contributed by atoms with Crippen LogP contribution in [0, 0.1) is 0 Å². The zero-order valence-electron chi connectivity index (χ0n) is 11.8. The number of hydrogen-bond donors (Lipinski definition) is 1. The minimum atomic E-state index is -3.90. The maximum atomic E-state index is 12.0. The number of hydrogen-bond acceptors (Lipinski definition) is 5. The van der Waals surface area contributed by atoms with Crippen LogP contribution in [0.3, 0.4) is 0 Å². The molecule has 0 aliphatic carbocycles. The van der Waals surface area contributed by atoms with Crippen LogP contribution in [0.1, 0.15) is 36.2 Å². The Kier molecular flexibility index (Phi) is 5.67. The minimum Gasteiger partial charge on any atom is -0.459 e. The Morgan fingerprint density at radius 3 is 2.50 bits per heavy atom. The molecule has 0 fully saturated rings. The van der Waals surface area contributed by atoms with E-state index in [9.17, 15) is 13.2 Å². The van der Waals surface area contributed by atoms with Crippen LogP contribution in [-0.2, 0) is 26.1 Å². The van der Waals surface area contributed by atoms with Crippen molar-refractivity contribution in [3.63, 3.8) is 0 Å². The summed E-state index contributed by atoms with van der Waals surface area (Å²) in [5.74, 6) is -0.581. The summed E-state index contributed by atoms with van der Waals surface area (Å²) in [5, 5.41) is 5.10. The van der Waals surface area contributed by atoms with E-state index in [0.717, 1.165) is 0 Å². The second-order valence-corrected chi connectivity index (χ2v) is 6.03. The van der Waals surface area contributed by atoms with E-state index in [1.165, 1.54) is 25.3 Å². The number of rotatable bonds is 6. The van der Waals surface area contributed by atoms with Crippen molar-refractivity contribution in [2.24, 2.45) is 5.14 Å². The molecular formula is C13H19NO5S. The molecule has 0 heterocycles. The molecule has 0 saturated heterocycles. The summed E-state index contributed by atoms with van der Waals surface area (Å²) in [4.78, 5) is 11.8. The van der Waals surface area contributed by atoms with Gasteiger partial charge < -0.3 is 9.47 Å². The predicted molar refractivity (Wildman–Crippen MR) is 73.7 cm³/mol. The first-order valence-corrected chi connectivity index (χ1v) is 7.69. The van der Waals surface area contributed by atoms with Crippen molar-refractivity contribution >= 4 is 16.0 Å². The van der Waals surface area contributed by atoms with E-state index in [1.807, 2.05) is 6.92 Å². The van der Waals surface area contributed by atoms with Gasteiger partial charge in [-0.1, -0.05) is 6.92 Å². The largest absolute Gasteiger partial charge is 0.459 e. The third-order valence-electron chi connectivity index (χ3n) is 2.72. The Morgan fingerprint density at radius 1 is 1.35 bits per heavy atom. The quantitative estimate of drug-likeness (QED) is 0.802. The molecule has 2 N–H and O–H groups in total. The van der Waals surface area contributed by atoms with Crippen molar-refractivity contribution in [3.05, 3.63) is 29.3 Å². The molecule has 20 heavy (non-hydrogen) atoms. The van der Waals surface area contributed by atoms with Crippen LogP contribution in [0.15, 0.2) is 23.1 Å². The number of primary sulfonamides is 1. The standard InChI is InChI=1S/C13H19NO5S/c1-4-9(2)19-13(15)11-5-10(8-18-3)6-12(7-11)20(14,16)17/h5-7,9H,4,8H2,1-3H3,(H2,14,16,17).